The van der Waals surface area contributed by atoms with Crippen molar-refractivity contribution in [2.24, 2.45) is 0 Å². The molecule has 0 aliphatic rings. The number of methoxy groups -OCH3 is 1. The van der Waals surface area contributed by atoms with Crippen molar-refractivity contribution in [1.29, 1.82) is 0 Å². The Morgan fingerprint density at radius 2 is 2.32 bits per heavy atom. The molecule has 19 heavy (non-hydrogen) atoms. The van der Waals surface area contributed by atoms with E-state index < -0.39 is 5.97 Å². The van der Waals surface area contributed by atoms with E-state index in [1.807, 2.05) is 0 Å². The molecular weight excluding hydrogens is 268 g/mol. The van der Waals surface area contributed by atoms with E-state index in [9.17, 15) is 9.59 Å². The maximum atomic E-state index is 11.4. The minimum atomic E-state index is -0.587. The minimum Gasteiger partial charge on any atom is -0.463 e. The lowest BCUT2D eigenvalue weighted by atomic mass is 10.4. The van der Waals surface area contributed by atoms with E-state index >= 15 is 0 Å². The van der Waals surface area contributed by atoms with Crippen molar-refractivity contribution >= 4 is 23.1 Å². The van der Waals surface area contributed by atoms with Crippen molar-refractivity contribution in [3.63, 3.8) is 0 Å². The Hall–Kier alpha value is -2.22. The van der Waals surface area contributed by atoms with Gasteiger partial charge in [0.05, 0.1) is 13.7 Å². The summed E-state index contributed by atoms with van der Waals surface area (Å²) in [4.78, 5) is 33.0. The van der Waals surface area contributed by atoms with Gasteiger partial charge in [0.25, 0.3) is 0 Å². The van der Waals surface area contributed by atoms with Crippen molar-refractivity contribution in [2.45, 2.75) is 13.5 Å². The average molecular weight is 280 g/mol. The van der Waals surface area contributed by atoms with Crippen LogP contribution in [0.2, 0.25) is 0 Å². The molecule has 0 bridgehead atoms. The molecule has 0 aliphatic heterocycles. The topological polar surface area (TPSA) is 97.0 Å². The molecule has 0 aliphatic carbocycles. The number of ether oxygens (including phenoxy) is 1. The smallest absolute Gasteiger partial charge is 0.376 e. The van der Waals surface area contributed by atoms with Gasteiger partial charge < -0.3 is 15.0 Å². The summed E-state index contributed by atoms with van der Waals surface area (Å²) in [5, 5.41) is 4.74. The summed E-state index contributed by atoms with van der Waals surface area (Å²) in [6.45, 7) is 2.17. The number of aromatic amines is 1. The molecule has 0 unspecified atom stereocenters. The third-order valence-corrected chi connectivity index (χ3v) is 2.97. The Labute approximate surface area is 112 Å². The van der Waals surface area contributed by atoms with Gasteiger partial charge in [0.15, 0.2) is 0 Å². The molecule has 2 heterocycles. The molecule has 0 atom stereocenters. The molecule has 0 radical (unpaired) electrons. The van der Waals surface area contributed by atoms with Crippen LogP contribution < -0.4 is 10.2 Å². The number of H-pyrrole nitrogens is 1. The molecule has 7 nitrogen and oxygen atoms in total. The molecule has 8 heteroatoms. The zero-order valence-corrected chi connectivity index (χ0v) is 11.2. The second kappa shape index (κ2) is 5.61. The Morgan fingerprint density at radius 3 is 2.95 bits per heavy atom. The number of carbonyl (C=O) groups is 1. The average Bonchev–Trinajstić information content (AvgIpc) is 2.80. The molecule has 0 fully saturated rings. The highest BCUT2D eigenvalue weighted by molar-refractivity contribution is 7.07. The van der Waals surface area contributed by atoms with Gasteiger partial charge in [-0.2, -0.15) is 0 Å². The van der Waals surface area contributed by atoms with Gasteiger partial charge >= 0.3 is 10.8 Å². The molecule has 0 spiro atoms. The summed E-state index contributed by atoms with van der Waals surface area (Å²) in [6.07, 6.45) is 0. The van der Waals surface area contributed by atoms with E-state index in [4.69, 9.17) is 0 Å². The van der Waals surface area contributed by atoms with E-state index in [0.29, 0.717) is 18.1 Å². The molecule has 2 aromatic rings. The van der Waals surface area contributed by atoms with E-state index in [1.54, 1.807) is 18.4 Å². The molecule has 0 saturated heterocycles. The molecule has 2 N–H and O–H groups in total. The Bertz CT molecular complexity index is 649. The number of rotatable bonds is 4. The first-order valence-corrected chi connectivity index (χ1v) is 6.31. The lowest BCUT2D eigenvalue weighted by molar-refractivity contribution is 0.0586. The van der Waals surface area contributed by atoms with Crippen LogP contribution in [0.15, 0.2) is 16.2 Å². The SMILES string of the molecule is COC(=O)c1nc(C)cc(NCc2csc(=O)[nH]2)n1. The zero-order chi connectivity index (χ0) is 13.8. The number of anilines is 1. The maximum absolute atomic E-state index is 11.4. The van der Waals surface area contributed by atoms with Crippen LogP contribution in [0.25, 0.3) is 0 Å². The first kappa shape index (κ1) is 13.2. The number of nitrogens with zero attached hydrogens (tertiary/aromatic N) is 2. The molecule has 100 valence electrons. The third-order valence-electron chi connectivity index (χ3n) is 2.25. The van der Waals surface area contributed by atoms with Crippen LogP contribution in [-0.4, -0.2) is 28.0 Å². The quantitative estimate of drug-likeness (QED) is 0.809. The first-order chi connectivity index (χ1) is 9.08. The number of thiazole rings is 1. The van der Waals surface area contributed by atoms with Crippen LogP contribution in [0.1, 0.15) is 22.0 Å². The van der Waals surface area contributed by atoms with E-state index in [-0.39, 0.29) is 10.7 Å². The van der Waals surface area contributed by atoms with Crippen molar-refractivity contribution in [3.05, 3.63) is 38.3 Å². The summed E-state index contributed by atoms with van der Waals surface area (Å²) in [5.41, 5.74) is 1.41. The molecular formula is C11H12N4O3S. The van der Waals surface area contributed by atoms with E-state index in [1.165, 1.54) is 7.11 Å². The van der Waals surface area contributed by atoms with Crippen molar-refractivity contribution < 1.29 is 9.53 Å². The number of hydrogen-bond donors (Lipinski definition) is 2. The minimum absolute atomic E-state index is 0.00353. The summed E-state index contributed by atoms with van der Waals surface area (Å²) in [5.74, 6) is -0.0838. The molecule has 0 saturated carbocycles. The van der Waals surface area contributed by atoms with Crippen LogP contribution in [0, 0.1) is 6.92 Å². The van der Waals surface area contributed by atoms with Gasteiger partial charge in [0.2, 0.25) is 5.82 Å². The predicted octanol–water partition coefficient (Wildman–Crippen LogP) is 0.934. The van der Waals surface area contributed by atoms with Gasteiger partial charge in [-0.15, -0.1) is 0 Å². The lowest BCUT2D eigenvalue weighted by Crippen LogP contribution is -2.11. The number of aryl methyl sites for hydroxylation is 1. The Morgan fingerprint density at radius 1 is 1.53 bits per heavy atom. The van der Waals surface area contributed by atoms with E-state index in [0.717, 1.165) is 17.0 Å². The monoisotopic (exact) mass is 280 g/mol. The predicted molar refractivity (Wildman–Crippen MR) is 70.4 cm³/mol. The van der Waals surface area contributed by atoms with Gasteiger partial charge in [0.1, 0.15) is 5.82 Å². The van der Waals surface area contributed by atoms with Crippen LogP contribution in [0.3, 0.4) is 0 Å². The third kappa shape index (κ3) is 3.38. The Kier molecular flexibility index (Phi) is 3.91. The highest BCUT2D eigenvalue weighted by Crippen LogP contribution is 2.08. The fourth-order valence-electron chi connectivity index (χ4n) is 1.43. The first-order valence-electron chi connectivity index (χ1n) is 5.43. The Balaban J connectivity index is 2.13. The number of carbonyl (C=O) groups excluding carboxylic acids is 1. The van der Waals surface area contributed by atoms with Crippen LogP contribution in [0.5, 0.6) is 0 Å². The molecule has 2 aromatic heterocycles. The van der Waals surface area contributed by atoms with Crippen LogP contribution >= 0.6 is 11.3 Å². The van der Waals surface area contributed by atoms with Gasteiger partial charge in [0, 0.05) is 22.8 Å². The van der Waals surface area contributed by atoms with Crippen molar-refractivity contribution in [2.75, 3.05) is 12.4 Å². The van der Waals surface area contributed by atoms with E-state index in [2.05, 4.69) is 25.0 Å². The van der Waals surface area contributed by atoms with Gasteiger partial charge in [-0.05, 0) is 6.92 Å². The highest BCUT2D eigenvalue weighted by Gasteiger charge is 2.11. The number of esters is 1. The molecule has 0 aromatic carbocycles. The summed E-state index contributed by atoms with van der Waals surface area (Å²) in [7, 11) is 1.28. The van der Waals surface area contributed by atoms with Gasteiger partial charge in [-0.1, -0.05) is 11.3 Å². The zero-order valence-electron chi connectivity index (χ0n) is 10.4. The fourth-order valence-corrected chi connectivity index (χ4v) is 2.01. The van der Waals surface area contributed by atoms with Gasteiger partial charge in [-0.25, -0.2) is 14.8 Å². The van der Waals surface area contributed by atoms with Crippen molar-refractivity contribution in [1.82, 2.24) is 15.0 Å². The lowest BCUT2D eigenvalue weighted by Gasteiger charge is -2.06. The van der Waals surface area contributed by atoms with Crippen LogP contribution in [0.4, 0.5) is 5.82 Å². The number of aromatic nitrogens is 3. The largest absolute Gasteiger partial charge is 0.463 e. The second-order valence-electron chi connectivity index (χ2n) is 3.74. The standard InChI is InChI=1S/C11H12N4O3S/c1-6-3-8(15-9(13-6)10(16)18-2)12-4-7-5-19-11(17)14-7/h3,5H,4H2,1-2H3,(H,14,17)(H,12,13,15). The van der Waals surface area contributed by atoms with Gasteiger partial charge in [-0.3, -0.25) is 4.79 Å². The molecule has 0 amide bonds. The normalized spacial score (nSPS) is 10.2. The second-order valence-corrected chi connectivity index (χ2v) is 4.58. The molecule has 2 rings (SSSR count). The summed E-state index contributed by atoms with van der Waals surface area (Å²) >= 11 is 1.10. The number of nitrogens with one attached hydrogen (secondary N) is 2. The summed E-state index contributed by atoms with van der Waals surface area (Å²) < 4.78 is 4.57. The maximum Gasteiger partial charge on any atom is 0.376 e. The fraction of sp³-hybridized carbons (Fsp3) is 0.273. The summed E-state index contributed by atoms with van der Waals surface area (Å²) in [6, 6.07) is 1.71. The van der Waals surface area contributed by atoms with Crippen LogP contribution in [-0.2, 0) is 11.3 Å². The van der Waals surface area contributed by atoms with Crippen molar-refractivity contribution in [3.8, 4) is 0 Å². The highest BCUT2D eigenvalue weighted by atomic mass is 32.1. The number of hydrogen-bond acceptors (Lipinski definition) is 7.